The molecular formula is C18H21BrF4N2O3. The molecule has 0 N–H and O–H groups in total. The summed E-state index contributed by atoms with van der Waals surface area (Å²) in [5, 5.41) is 0. The summed E-state index contributed by atoms with van der Waals surface area (Å²) in [6.45, 7) is 5.40. The zero-order chi connectivity index (χ0) is 21.4. The fraction of sp³-hybridized carbons (Fsp3) is 0.556. The standard InChI is InChI=1S/C18H21BrF4N2O3/c1-17(2,3)28-16(27)24(4)10-7-8-25(9-10)15(26)13-12(19)6-5-11(14(13)20)18(21,22)23/h5-6,10H,7-9H2,1-4H3/t10-/m0/s1. The Kier molecular flexibility index (Phi) is 6.32. The summed E-state index contributed by atoms with van der Waals surface area (Å²) < 4.78 is 58.5. The third-order valence-corrected chi connectivity index (χ3v) is 4.95. The molecule has 10 heteroatoms. The van der Waals surface area contributed by atoms with Crippen molar-refractivity contribution in [2.75, 3.05) is 20.1 Å². The number of likely N-dealkylation sites (N-methyl/N-ethyl adjacent to an activating group) is 1. The largest absolute Gasteiger partial charge is 0.444 e. The summed E-state index contributed by atoms with van der Waals surface area (Å²) in [6.07, 6.45) is -5.08. The first-order valence-electron chi connectivity index (χ1n) is 8.52. The second-order valence-electron chi connectivity index (χ2n) is 7.57. The third kappa shape index (κ3) is 4.95. The predicted octanol–water partition coefficient (Wildman–Crippen LogP) is 4.69. The lowest BCUT2D eigenvalue weighted by Crippen LogP contribution is -2.42. The van der Waals surface area contributed by atoms with E-state index in [1.807, 2.05) is 0 Å². The Morgan fingerprint density at radius 1 is 1.25 bits per heavy atom. The molecule has 1 aliphatic rings. The maximum absolute atomic E-state index is 14.4. The summed E-state index contributed by atoms with van der Waals surface area (Å²) in [4.78, 5) is 27.4. The lowest BCUT2D eigenvalue weighted by atomic mass is 10.1. The predicted molar refractivity (Wildman–Crippen MR) is 97.4 cm³/mol. The fourth-order valence-electron chi connectivity index (χ4n) is 2.85. The zero-order valence-corrected chi connectivity index (χ0v) is 17.4. The molecule has 0 unspecified atom stereocenters. The number of benzene rings is 1. The van der Waals surface area contributed by atoms with Gasteiger partial charge in [-0.15, -0.1) is 0 Å². The van der Waals surface area contributed by atoms with Crippen LogP contribution in [-0.4, -0.2) is 53.6 Å². The van der Waals surface area contributed by atoms with Crippen molar-refractivity contribution in [3.8, 4) is 0 Å². The number of hydrogen-bond acceptors (Lipinski definition) is 3. The molecular weight excluding hydrogens is 448 g/mol. The number of carbonyl (C=O) groups excluding carboxylic acids is 2. The number of halogens is 5. The molecule has 1 heterocycles. The van der Waals surface area contributed by atoms with E-state index in [-0.39, 0.29) is 23.6 Å². The second-order valence-corrected chi connectivity index (χ2v) is 8.42. The van der Waals surface area contributed by atoms with E-state index in [0.717, 1.165) is 6.07 Å². The molecule has 2 amide bonds. The summed E-state index contributed by atoms with van der Waals surface area (Å²) >= 11 is 2.96. The van der Waals surface area contributed by atoms with Gasteiger partial charge in [0.1, 0.15) is 11.4 Å². The molecule has 0 saturated carbocycles. The number of amides is 2. The number of alkyl halides is 3. The van der Waals surface area contributed by atoms with Gasteiger partial charge >= 0.3 is 12.3 Å². The van der Waals surface area contributed by atoms with Crippen molar-refractivity contribution in [3.05, 3.63) is 33.5 Å². The van der Waals surface area contributed by atoms with Crippen LogP contribution in [0.4, 0.5) is 22.4 Å². The molecule has 0 aromatic heterocycles. The first-order chi connectivity index (χ1) is 12.7. The van der Waals surface area contributed by atoms with Crippen molar-refractivity contribution < 1.29 is 31.9 Å². The second kappa shape index (κ2) is 7.88. The normalized spacial score (nSPS) is 17.6. The van der Waals surface area contributed by atoms with Crippen LogP contribution in [0, 0.1) is 5.82 Å². The quantitative estimate of drug-likeness (QED) is 0.591. The first-order valence-corrected chi connectivity index (χ1v) is 9.32. The number of ether oxygens (including phenoxy) is 1. The van der Waals surface area contributed by atoms with Gasteiger partial charge in [-0.05, 0) is 55.3 Å². The minimum absolute atomic E-state index is 0.0630. The van der Waals surface area contributed by atoms with Gasteiger partial charge in [0.15, 0.2) is 0 Å². The van der Waals surface area contributed by atoms with Crippen LogP contribution in [0.1, 0.15) is 43.1 Å². The molecule has 1 fully saturated rings. The average molecular weight is 469 g/mol. The SMILES string of the molecule is CN(C(=O)OC(C)(C)C)[C@H]1CCN(C(=O)c2c(Br)ccc(C(F)(F)F)c2F)C1. The summed E-state index contributed by atoms with van der Waals surface area (Å²) in [5.41, 5.74) is -2.86. The molecule has 1 atom stereocenters. The molecule has 5 nitrogen and oxygen atoms in total. The minimum Gasteiger partial charge on any atom is -0.444 e. The Morgan fingerprint density at radius 2 is 1.86 bits per heavy atom. The monoisotopic (exact) mass is 468 g/mol. The van der Waals surface area contributed by atoms with Crippen LogP contribution in [-0.2, 0) is 10.9 Å². The number of nitrogens with zero attached hydrogens (tertiary/aromatic N) is 2. The molecule has 0 spiro atoms. The van der Waals surface area contributed by atoms with Crippen molar-refractivity contribution in [2.45, 2.75) is 45.0 Å². The summed E-state index contributed by atoms with van der Waals surface area (Å²) in [5.74, 6) is -2.48. The highest BCUT2D eigenvalue weighted by atomic mass is 79.9. The van der Waals surface area contributed by atoms with Crippen LogP contribution in [0.3, 0.4) is 0 Å². The van der Waals surface area contributed by atoms with E-state index >= 15 is 0 Å². The van der Waals surface area contributed by atoms with Crippen LogP contribution in [0.2, 0.25) is 0 Å². The molecule has 0 bridgehead atoms. The maximum Gasteiger partial charge on any atom is 0.419 e. The Labute approximate surface area is 168 Å². The van der Waals surface area contributed by atoms with Crippen molar-refractivity contribution in [1.29, 1.82) is 0 Å². The molecule has 0 radical (unpaired) electrons. The van der Waals surface area contributed by atoms with Gasteiger partial charge in [0, 0.05) is 24.6 Å². The van der Waals surface area contributed by atoms with E-state index in [9.17, 15) is 27.2 Å². The van der Waals surface area contributed by atoms with Crippen LogP contribution < -0.4 is 0 Å². The van der Waals surface area contributed by atoms with E-state index < -0.39 is 40.7 Å². The van der Waals surface area contributed by atoms with Crippen molar-refractivity contribution in [1.82, 2.24) is 9.80 Å². The number of hydrogen-bond donors (Lipinski definition) is 0. The van der Waals surface area contributed by atoms with Crippen LogP contribution >= 0.6 is 15.9 Å². The molecule has 28 heavy (non-hydrogen) atoms. The van der Waals surface area contributed by atoms with Crippen LogP contribution in [0.15, 0.2) is 16.6 Å². The number of rotatable bonds is 2. The fourth-order valence-corrected chi connectivity index (χ4v) is 3.33. The molecule has 1 saturated heterocycles. The Morgan fingerprint density at radius 3 is 2.39 bits per heavy atom. The number of carbonyl (C=O) groups is 2. The summed E-state index contributed by atoms with van der Waals surface area (Å²) in [6, 6.07) is 1.20. The molecule has 1 aromatic rings. The third-order valence-electron chi connectivity index (χ3n) is 4.29. The van der Waals surface area contributed by atoms with Gasteiger partial charge in [0.25, 0.3) is 5.91 Å². The van der Waals surface area contributed by atoms with E-state index in [0.29, 0.717) is 12.5 Å². The van der Waals surface area contributed by atoms with Gasteiger partial charge in [-0.2, -0.15) is 13.2 Å². The maximum atomic E-state index is 14.4. The topological polar surface area (TPSA) is 49.9 Å². The Bertz CT molecular complexity index is 777. The number of likely N-dealkylation sites (tertiary alicyclic amines) is 1. The Hall–Kier alpha value is -1.84. The van der Waals surface area contributed by atoms with Crippen molar-refractivity contribution in [3.63, 3.8) is 0 Å². The zero-order valence-electron chi connectivity index (χ0n) is 15.9. The minimum atomic E-state index is -4.91. The highest BCUT2D eigenvalue weighted by molar-refractivity contribution is 9.10. The van der Waals surface area contributed by atoms with E-state index in [1.54, 1.807) is 20.8 Å². The van der Waals surface area contributed by atoms with Gasteiger partial charge < -0.3 is 14.5 Å². The lowest BCUT2D eigenvalue weighted by Gasteiger charge is -2.28. The molecule has 1 aliphatic heterocycles. The van der Waals surface area contributed by atoms with E-state index in [4.69, 9.17) is 4.74 Å². The Balaban J connectivity index is 2.19. The lowest BCUT2D eigenvalue weighted by molar-refractivity contribution is -0.140. The van der Waals surface area contributed by atoms with E-state index in [1.165, 1.54) is 16.8 Å². The van der Waals surface area contributed by atoms with Crippen molar-refractivity contribution in [2.24, 2.45) is 0 Å². The van der Waals surface area contributed by atoms with Gasteiger partial charge in [0.05, 0.1) is 17.2 Å². The van der Waals surface area contributed by atoms with Crippen LogP contribution in [0.5, 0.6) is 0 Å². The van der Waals surface area contributed by atoms with Gasteiger partial charge in [-0.1, -0.05) is 0 Å². The highest BCUT2D eigenvalue weighted by Gasteiger charge is 2.39. The van der Waals surface area contributed by atoms with Gasteiger partial charge in [-0.25, -0.2) is 9.18 Å². The first kappa shape index (κ1) is 22.4. The molecule has 1 aromatic carbocycles. The van der Waals surface area contributed by atoms with E-state index in [2.05, 4.69) is 15.9 Å². The highest BCUT2D eigenvalue weighted by Crippen LogP contribution is 2.35. The summed E-state index contributed by atoms with van der Waals surface area (Å²) in [7, 11) is 1.52. The molecule has 0 aliphatic carbocycles. The van der Waals surface area contributed by atoms with Gasteiger partial charge in [0.2, 0.25) is 0 Å². The average Bonchev–Trinajstić information content (AvgIpc) is 3.00. The molecule has 2 rings (SSSR count). The van der Waals surface area contributed by atoms with Crippen molar-refractivity contribution >= 4 is 27.9 Å². The van der Waals surface area contributed by atoms with Gasteiger partial charge in [-0.3, -0.25) is 4.79 Å². The molecule has 156 valence electrons. The smallest absolute Gasteiger partial charge is 0.419 e. The van der Waals surface area contributed by atoms with Crippen LogP contribution in [0.25, 0.3) is 0 Å².